The molecule has 2 aliphatic rings. The number of carbonyl (C=O) groups is 2. The van der Waals surface area contributed by atoms with Crippen molar-refractivity contribution >= 4 is 29.1 Å². The number of amides is 2. The first kappa shape index (κ1) is 25.0. The highest BCUT2D eigenvalue weighted by Crippen LogP contribution is 2.31. The third-order valence-corrected chi connectivity index (χ3v) is 6.06. The van der Waals surface area contributed by atoms with Gasteiger partial charge >= 0.3 is 0 Å². The van der Waals surface area contributed by atoms with Crippen LogP contribution < -0.4 is 10.1 Å². The van der Waals surface area contributed by atoms with E-state index in [2.05, 4.69) is 16.8 Å². The molecule has 31 heavy (non-hydrogen) atoms. The summed E-state index contributed by atoms with van der Waals surface area (Å²) >= 11 is 6.24. The number of carbonyl (C=O) groups excluding carboxylic acids is 2. The Morgan fingerprint density at radius 2 is 1.84 bits per heavy atom. The fourth-order valence-electron chi connectivity index (χ4n) is 3.79. The summed E-state index contributed by atoms with van der Waals surface area (Å²) in [5.41, 5.74) is 1.79. The van der Waals surface area contributed by atoms with Crippen LogP contribution in [-0.4, -0.2) is 85.5 Å². The molecule has 0 aromatic heterocycles. The summed E-state index contributed by atoms with van der Waals surface area (Å²) in [5, 5.41) is 3.87. The van der Waals surface area contributed by atoms with Crippen molar-refractivity contribution in [3.63, 3.8) is 0 Å². The largest absolute Gasteiger partial charge is 0.495 e. The minimum Gasteiger partial charge on any atom is -0.495 e. The molecule has 0 bridgehead atoms. The first-order valence-corrected chi connectivity index (χ1v) is 11.4. The molecule has 1 aromatic rings. The molecule has 2 amide bonds. The van der Waals surface area contributed by atoms with Gasteiger partial charge in [-0.2, -0.15) is 0 Å². The molecular formula is C23H35ClN4O3. The number of rotatable bonds is 7. The molecule has 1 N–H and O–H groups in total. The number of nitrogens with one attached hydrogen (secondary N) is 1. The van der Waals surface area contributed by atoms with E-state index in [0.29, 0.717) is 29.9 Å². The number of aryl methyl sites for hydroxylation is 1. The zero-order chi connectivity index (χ0) is 23.0. The van der Waals surface area contributed by atoms with Crippen LogP contribution in [0.5, 0.6) is 5.75 Å². The molecule has 0 radical (unpaired) electrons. The number of benzene rings is 1. The number of hydrogen-bond acceptors (Lipinski definition) is 5. The molecule has 2 heterocycles. The Morgan fingerprint density at radius 3 is 2.39 bits per heavy atom. The highest BCUT2D eigenvalue weighted by molar-refractivity contribution is 6.31. The molecule has 2 aliphatic heterocycles. The lowest BCUT2D eigenvalue weighted by Crippen LogP contribution is -2.64. The van der Waals surface area contributed by atoms with Gasteiger partial charge in [0, 0.05) is 56.4 Å². The van der Waals surface area contributed by atoms with Crippen LogP contribution in [0.1, 0.15) is 26.3 Å². The van der Waals surface area contributed by atoms with E-state index in [1.165, 1.54) is 6.08 Å². The minimum atomic E-state index is -0.00926. The molecular weight excluding hydrogens is 416 g/mol. The maximum absolute atomic E-state index is 12.6. The van der Waals surface area contributed by atoms with Gasteiger partial charge < -0.3 is 19.9 Å². The van der Waals surface area contributed by atoms with Crippen molar-refractivity contribution in [2.24, 2.45) is 0 Å². The van der Waals surface area contributed by atoms with Crippen LogP contribution in [0.25, 0.3) is 0 Å². The van der Waals surface area contributed by atoms with Crippen molar-refractivity contribution in [1.29, 1.82) is 0 Å². The van der Waals surface area contributed by atoms with E-state index < -0.39 is 0 Å². The SMILES string of the molecule is C=CC(=O)N1CC(N2CCN(C(=O)CNc3cc(CC)c(Cl)cc3OC)CC2)C1.CC. The Hall–Kier alpha value is -2.25. The summed E-state index contributed by atoms with van der Waals surface area (Å²) in [4.78, 5) is 30.3. The van der Waals surface area contributed by atoms with Crippen LogP contribution in [0.2, 0.25) is 5.02 Å². The summed E-state index contributed by atoms with van der Waals surface area (Å²) in [6.45, 7) is 14.3. The van der Waals surface area contributed by atoms with E-state index in [0.717, 1.165) is 43.9 Å². The van der Waals surface area contributed by atoms with E-state index in [9.17, 15) is 9.59 Å². The van der Waals surface area contributed by atoms with Crippen molar-refractivity contribution in [2.45, 2.75) is 33.2 Å². The maximum Gasteiger partial charge on any atom is 0.246 e. The van der Waals surface area contributed by atoms with E-state index in [4.69, 9.17) is 16.3 Å². The average molecular weight is 451 g/mol. The Bertz CT molecular complexity index is 772. The lowest BCUT2D eigenvalue weighted by atomic mass is 10.1. The third-order valence-electron chi connectivity index (χ3n) is 5.71. The number of methoxy groups -OCH3 is 1. The molecule has 0 atom stereocenters. The summed E-state index contributed by atoms with van der Waals surface area (Å²) in [7, 11) is 1.59. The van der Waals surface area contributed by atoms with Crippen LogP contribution >= 0.6 is 11.6 Å². The van der Waals surface area contributed by atoms with Crippen molar-refractivity contribution in [3.05, 3.63) is 35.4 Å². The van der Waals surface area contributed by atoms with Gasteiger partial charge in [-0.25, -0.2) is 0 Å². The zero-order valence-corrected chi connectivity index (χ0v) is 19.9. The minimum absolute atomic E-state index is 0.00926. The van der Waals surface area contributed by atoms with Crippen LogP contribution in [-0.2, 0) is 16.0 Å². The highest BCUT2D eigenvalue weighted by atomic mass is 35.5. The highest BCUT2D eigenvalue weighted by Gasteiger charge is 2.35. The van der Waals surface area contributed by atoms with Crippen molar-refractivity contribution in [3.8, 4) is 5.75 Å². The molecule has 1 aromatic carbocycles. The van der Waals surface area contributed by atoms with E-state index in [1.807, 2.05) is 31.7 Å². The zero-order valence-electron chi connectivity index (χ0n) is 19.1. The van der Waals surface area contributed by atoms with Gasteiger partial charge in [0.05, 0.1) is 19.3 Å². The monoisotopic (exact) mass is 450 g/mol. The predicted molar refractivity (Wildman–Crippen MR) is 126 cm³/mol. The van der Waals surface area contributed by atoms with Gasteiger partial charge in [0.15, 0.2) is 0 Å². The van der Waals surface area contributed by atoms with Crippen LogP contribution in [0.4, 0.5) is 5.69 Å². The second-order valence-electron chi connectivity index (χ2n) is 7.37. The molecule has 0 aliphatic carbocycles. The quantitative estimate of drug-likeness (QED) is 0.647. The first-order valence-electron chi connectivity index (χ1n) is 11.0. The molecule has 7 nitrogen and oxygen atoms in total. The van der Waals surface area contributed by atoms with Gasteiger partial charge in [0.2, 0.25) is 11.8 Å². The molecule has 0 saturated carbocycles. The fourth-order valence-corrected chi connectivity index (χ4v) is 4.08. The Morgan fingerprint density at radius 1 is 1.19 bits per heavy atom. The first-order chi connectivity index (χ1) is 15.0. The van der Waals surface area contributed by atoms with Gasteiger partial charge in [0.25, 0.3) is 0 Å². The average Bonchev–Trinajstić information content (AvgIpc) is 2.78. The molecule has 2 saturated heterocycles. The molecule has 0 spiro atoms. The molecule has 3 rings (SSSR count). The standard InChI is InChI=1S/C21H29ClN4O3.C2H6/c1-4-15-10-18(19(29-3)11-17(15)22)23-12-21(28)25-8-6-24(7-9-25)16-13-26(14-16)20(27)5-2;1-2/h5,10-11,16,23H,2,4,6-9,12-14H2,1,3H3;1-2H3. The van der Waals surface area contributed by atoms with Gasteiger partial charge in [-0.05, 0) is 24.1 Å². The molecule has 8 heteroatoms. The maximum atomic E-state index is 12.6. The Labute approximate surface area is 191 Å². The van der Waals surface area contributed by atoms with Crippen LogP contribution in [0, 0.1) is 0 Å². The predicted octanol–water partition coefficient (Wildman–Crippen LogP) is 2.89. The topological polar surface area (TPSA) is 65.1 Å². The third kappa shape index (κ3) is 6.14. The Balaban J connectivity index is 0.00000166. The normalized spacial score (nSPS) is 16.7. The van der Waals surface area contributed by atoms with Crippen LogP contribution in [0.15, 0.2) is 24.8 Å². The number of piperazine rings is 1. The summed E-state index contributed by atoms with van der Waals surface area (Å²) < 4.78 is 5.38. The van der Waals surface area contributed by atoms with Gasteiger partial charge in [-0.1, -0.05) is 39.0 Å². The van der Waals surface area contributed by atoms with Crippen LogP contribution in [0.3, 0.4) is 0 Å². The fraction of sp³-hybridized carbons (Fsp3) is 0.565. The van der Waals surface area contributed by atoms with Gasteiger partial charge in [0.1, 0.15) is 5.75 Å². The van der Waals surface area contributed by atoms with Crippen molar-refractivity contribution in [2.75, 3.05) is 58.2 Å². The summed E-state index contributed by atoms with van der Waals surface area (Å²) in [5.74, 6) is 0.690. The lowest BCUT2D eigenvalue weighted by molar-refractivity contribution is -0.135. The number of hydrogen-bond donors (Lipinski definition) is 1. The second kappa shape index (κ2) is 12.0. The van der Waals surface area contributed by atoms with Gasteiger partial charge in [-0.15, -0.1) is 0 Å². The van der Waals surface area contributed by atoms with E-state index in [-0.39, 0.29) is 18.4 Å². The van der Waals surface area contributed by atoms with Crippen molar-refractivity contribution < 1.29 is 14.3 Å². The molecule has 172 valence electrons. The smallest absolute Gasteiger partial charge is 0.246 e. The van der Waals surface area contributed by atoms with Crippen molar-refractivity contribution in [1.82, 2.24) is 14.7 Å². The number of halogens is 1. The Kier molecular flexibility index (Phi) is 9.65. The number of anilines is 1. The number of nitrogens with zero attached hydrogens (tertiary/aromatic N) is 3. The number of likely N-dealkylation sites (tertiary alicyclic amines) is 1. The van der Waals surface area contributed by atoms with Gasteiger partial charge in [-0.3, -0.25) is 14.5 Å². The van der Waals surface area contributed by atoms with E-state index >= 15 is 0 Å². The summed E-state index contributed by atoms with van der Waals surface area (Å²) in [6, 6.07) is 4.12. The van der Waals surface area contributed by atoms with E-state index in [1.54, 1.807) is 18.1 Å². The second-order valence-corrected chi connectivity index (χ2v) is 7.78. The number of ether oxygens (including phenoxy) is 1. The molecule has 2 fully saturated rings. The molecule has 0 unspecified atom stereocenters. The lowest BCUT2D eigenvalue weighted by Gasteiger charge is -2.47. The summed E-state index contributed by atoms with van der Waals surface area (Å²) in [6.07, 6.45) is 2.17.